The molecule has 1 aliphatic heterocycles. The topological polar surface area (TPSA) is 23.6 Å². The molecule has 0 spiro atoms. The SMILES string of the molecule is CCCCN1CCN(SI)CC1CP(=O)(c1ccccc1)c1ccccc1. The van der Waals surface area contributed by atoms with Gasteiger partial charge in [0.1, 0.15) is 7.14 Å². The van der Waals surface area contributed by atoms with Crippen LogP contribution in [0.1, 0.15) is 19.8 Å². The van der Waals surface area contributed by atoms with E-state index >= 15 is 0 Å². The highest BCUT2D eigenvalue weighted by Crippen LogP contribution is 2.45. The summed E-state index contributed by atoms with van der Waals surface area (Å²) in [5.74, 6) is 0. The van der Waals surface area contributed by atoms with Crippen LogP contribution in [0, 0.1) is 0 Å². The second-order valence-electron chi connectivity index (χ2n) is 7.09. The highest BCUT2D eigenvalue weighted by molar-refractivity contribution is 14.2. The van der Waals surface area contributed by atoms with Gasteiger partial charge in [0.15, 0.2) is 0 Å². The van der Waals surface area contributed by atoms with Crippen molar-refractivity contribution in [1.29, 1.82) is 0 Å². The molecule has 1 aliphatic rings. The number of rotatable bonds is 8. The summed E-state index contributed by atoms with van der Waals surface area (Å²) in [6.07, 6.45) is 3.11. The van der Waals surface area contributed by atoms with Crippen molar-refractivity contribution in [2.45, 2.75) is 25.8 Å². The van der Waals surface area contributed by atoms with E-state index in [-0.39, 0.29) is 0 Å². The molecule has 2 aromatic rings. The number of hydrogen-bond donors (Lipinski definition) is 0. The van der Waals surface area contributed by atoms with Gasteiger partial charge >= 0.3 is 0 Å². The lowest BCUT2D eigenvalue weighted by Crippen LogP contribution is -2.53. The van der Waals surface area contributed by atoms with Gasteiger partial charge in [0.05, 0.1) is 0 Å². The van der Waals surface area contributed by atoms with Gasteiger partial charge in [0.2, 0.25) is 0 Å². The molecule has 27 heavy (non-hydrogen) atoms. The lowest BCUT2D eigenvalue weighted by Gasteiger charge is -2.41. The van der Waals surface area contributed by atoms with Crippen LogP contribution in [0.4, 0.5) is 0 Å². The molecule has 0 saturated carbocycles. The van der Waals surface area contributed by atoms with Gasteiger partial charge < -0.3 is 4.57 Å². The highest BCUT2D eigenvalue weighted by Gasteiger charge is 2.36. The number of unbranched alkanes of at least 4 members (excludes halogenated alkanes) is 1. The van der Waals surface area contributed by atoms with Crippen molar-refractivity contribution in [1.82, 2.24) is 9.21 Å². The Balaban J connectivity index is 1.93. The molecular formula is C21H28IN2OPS. The van der Waals surface area contributed by atoms with Crippen LogP contribution in [0.3, 0.4) is 0 Å². The Labute approximate surface area is 180 Å². The maximum atomic E-state index is 14.4. The Bertz CT molecular complexity index is 703. The first-order valence-electron chi connectivity index (χ1n) is 9.65. The van der Waals surface area contributed by atoms with Crippen LogP contribution in [0.5, 0.6) is 0 Å². The van der Waals surface area contributed by atoms with Crippen LogP contribution in [0.25, 0.3) is 0 Å². The Morgan fingerprint density at radius 1 is 1.04 bits per heavy atom. The monoisotopic (exact) mass is 514 g/mol. The highest BCUT2D eigenvalue weighted by atomic mass is 127. The van der Waals surface area contributed by atoms with Crippen molar-refractivity contribution in [3.8, 4) is 0 Å². The van der Waals surface area contributed by atoms with E-state index in [1.807, 2.05) is 60.7 Å². The maximum Gasteiger partial charge on any atom is 0.144 e. The number of piperazine rings is 1. The van der Waals surface area contributed by atoms with Gasteiger partial charge in [-0.1, -0.05) is 74.0 Å². The van der Waals surface area contributed by atoms with Crippen LogP contribution >= 0.6 is 37.5 Å². The molecule has 1 fully saturated rings. The first-order chi connectivity index (χ1) is 13.2. The summed E-state index contributed by atoms with van der Waals surface area (Å²) in [7, 11) is -0.899. The number of benzene rings is 2. The predicted octanol–water partition coefficient (Wildman–Crippen LogP) is 4.79. The van der Waals surface area contributed by atoms with E-state index in [2.05, 4.69) is 37.3 Å². The average Bonchev–Trinajstić information content (AvgIpc) is 2.74. The third-order valence-corrected chi connectivity index (χ3v) is 10.7. The van der Waals surface area contributed by atoms with Crippen molar-refractivity contribution in [3.05, 3.63) is 60.7 Å². The Kier molecular flexibility index (Phi) is 8.27. The molecule has 1 atom stereocenters. The van der Waals surface area contributed by atoms with Crippen LogP contribution in [0.15, 0.2) is 60.7 Å². The summed E-state index contributed by atoms with van der Waals surface area (Å²) in [5, 5.41) is 1.96. The van der Waals surface area contributed by atoms with E-state index in [0.717, 1.165) is 36.8 Å². The summed E-state index contributed by atoms with van der Waals surface area (Å²) in [6.45, 7) is 6.45. The lowest BCUT2D eigenvalue weighted by atomic mass is 10.2. The minimum Gasteiger partial charge on any atom is -0.314 e. The van der Waals surface area contributed by atoms with Gasteiger partial charge in [-0.15, -0.1) is 0 Å². The number of nitrogens with zero attached hydrogens (tertiary/aromatic N) is 2. The Morgan fingerprint density at radius 3 is 2.15 bits per heavy atom. The van der Waals surface area contributed by atoms with Crippen molar-refractivity contribution in [3.63, 3.8) is 0 Å². The molecule has 6 heteroatoms. The quantitative estimate of drug-likeness (QED) is 0.287. The van der Waals surface area contributed by atoms with Gasteiger partial charge in [0, 0.05) is 63.7 Å². The van der Waals surface area contributed by atoms with E-state index in [1.165, 1.54) is 12.8 Å². The van der Waals surface area contributed by atoms with Gasteiger partial charge in [0.25, 0.3) is 0 Å². The summed E-state index contributed by atoms with van der Waals surface area (Å²) < 4.78 is 16.9. The van der Waals surface area contributed by atoms with Crippen molar-refractivity contribution in [2.24, 2.45) is 0 Å². The first kappa shape index (κ1) is 21.4. The molecule has 1 saturated heterocycles. The van der Waals surface area contributed by atoms with E-state index in [4.69, 9.17) is 0 Å². The fraction of sp³-hybridized carbons (Fsp3) is 0.429. The number of hydrogen-bond acceptors (Lipinski definition) is 4. The van der Waals surface area contributed by atoms with Crippen molar-refractivity contribution in [2.75, 3.05) is 32.3 Å². The zero-order valence-corrected chi connectivity index (χ0v) is 19.7. The van der Waals surface area contributed by atoms with Crippen molar-refractivity contribution >= 4 is 48.1 Å². The number of halogens is 1. The normalized spacial score (nSPS) is 19.3. The van der Waals surface area contributed by atoms with Crippen LogP contribution in [-0.2, 0) is 4.57 Å². The molecule has 0 aromatic heterocycles. The smallest absolute Gasteiger partial charge is 0.144 e. The molecule has 0 N–H and O–H groups in total. The van der Waals surface area contributed by atoms with Gasteiger partial charge in [-0.3, -0.25) is 4.90 Å². The second-order valence-corrected chi connectivity index (χ2v) is 11.8. The lowest BCUT2D eigenvalue weighted by molar-refractivity contribution is 0.136. The molecule has 2 aromatic carbocycles. The van der Waals surface area contributed by atoms with Gasteiger partial charge in [-0.05, 0) is 22.1 Å². The zero-order valence-electron chi connectivity index (χ0n) is 15.8. The first-order valence-corrected chi connectivity index (χ1v) is 14.9. The second kappa shape index (κ2) is 10.4. The maximum absolute atomic E-state index is 14.4. The van der Waals surface area contributed by atoms with E-state index < -0.39 is 7.14 Å². The molecule has 146 valence electrons. The minimum absolute atomic E-state index is 0.318. The molecule has 0 aliphatic carbocycles. The molecular weight excluding hydrogens is 486 g/mol. The van der Waals surface area contributed by atoms with Gasteiger partial charge in [-0.2, -0.15) is 0 Å². The fourth-order valence-corrected chi connectivity index (χ4v) is 8.17. The largest absolute Gasteiger partial charge is 0.314 e. The van der Waals surface area contributed by atoms with Crippen molar-refractivity contribution < 1.29 is 4.57 Å². The van der Waals surface area contributed by atoms with Gasteiger partial charge in [-0.25, -0.2) is 4.31 Å². The van der Waals surface area contributed by atoms with Crippen LogP contribution in [-0.4, -0.2) is 47.6 Å². The molecule has 0 radical (unpaired) electrons. The predicted molar refractivity (Wildman–Crippen MR) is 128 cm³/mol. The van der Waals surface area contributed by atoms with Crippen LogP contribution < -0.4 is 10.6 Å². The summed E-state index contributed by atoms with van der Waals surface area (Å²) in [6, 6.07) is 20.5. The molecule has 1 heterocycles. The molecule has 3 rings (SSSR count). The molecule has 0 bridgehead atoms. The summed E-state index contributed by atoms with van der Waals surface area (Å²) >= 11 is 2.37. The van der Waals surface area contributed by atoms with E-state index in [9.17, 15) is 4.57 Å². The van der Waals surface area contributed by atoms with E-state index in [1.54, 1.807) is 9.12 Å². The fourth-order valence-electron chi connectivity index (χ4n) is 3.75. The van der Waals surface area contributed by atoms with Crippen LogP contribution in [0.2, 0.25) is 0 Å². The summed E-state index contributed by atoms with van der Waals surface area (Å²) in [4.78, 5) is 2.57. The zero-order chi connectivity index (χ0) is 19.1. The third kappa shape index (κ3) is 5.39. The molecule has 0 amide bonds. The van der Waals surface area contributed by atoms with E-state index in [0.29, 0.717) is 12.2 Å². The summed E-state index contributed by atoms with van der Waals surface area (Å²) in [5.41, 5.74) is 0. The molecule has 1 unspecified atom stereocenters. The molecule has 3 nitrogen and oxygen atoms in total. The Morgan fingerprint density at radius 2 is 1.63 bits per heavy atom. The minimum atomic E-state index is -2.68. The Hall–Kier alpha value is -0.330. The third-order valence-electron chi connectivity index (χ3n) is 5.28. The average molecular weight is 514 g/mol. The standard InChI is InChI=1S/C21H28IN2OPS/c1-2-3-14-23-15-16-24(27-22)17-19(23)18-26(25,20-10-6-4-7-11-20)21-12-8-5-9-13-21/h4-13,19H,2-3,14-18H2,1H3.